The Labute approximate surface area is 130 Å². The maximum Gasteiger partial charge on any atom is 0.241 e. The summed E-state index contributed by atoms with van der Waals surface area (Å²) < 4.78 is 1.65. The fourth-order valence-electron chi connectivity index (χ4n) is 2.87. The van der Waals surface area contributed by atoms with Gasteiger partial charge in [-0.05, 0) is 44.0 Å². The Bertz CT molecular complexity index is 630. The fraction of sp³-hybridized carbons (Fsp3) is 0.562. The van der Waals surface area contributed by atoms with Crippen molar-refractivity contribution >= 4 is 16.9 Å². The molecule has 0 aliphatic carbocycles. The van der Waals surface area contributed by atoms with Crippen LogP contribution in [0.4, 0.5) is 0 Å². The summed E-state index contributed by atoms with van der Waals surface area (Å²) in [5.74, 6) is 0.826. The van der Waals surface area contributed by atoms with Crippen LogP contribution < -0.4 is 5.32 Å². The van der Waals surface area contributed by atoms with Gasteiger partial charge in [-0.25, -0.2) is 4.68 Å². The number of fused-ring (bicyclic) bond motifs is 1. The van der Waals surface area contributed by atoms with E-state index >= 15 is 0 Å². The molecule has 1 fully saturated rings. The average Bonchev–Trinajstić information content (AvgIpc) is 2.93. The first kappa shape index (κ1) is 15.0. The number of nitrogens with one attached hydrogen (secondary N) is 1. The van der Waals surface area contributed by atoms with Crippen LogP contribution in [0.2, 0.25) is 0 Å². The molecule has 1 aromatic carbocycles. The summed E-state index contributed by atoms with van der Waals surface area (Å²) >= 11 is 0. The van der Waals surface area contributed by atoms with Crippen LogP contribution in [0.15, 0.2) is 24.3 Å². The maximum absolute atomic E-state index is 12.0. The Morgan fingerprint density at radius 3 is 2.91 bits per heavy atom. The van der Waals surface area contributed by atoms with Gasteiger partial charge >= 0.3 is 0 Å². The van der Waals surface area contributed by atoms with Crippen LogP contribution in [0.5, 0.6) is 0 Å². The van der Waals surface area contributed by atoms with Crippen molar-refractivity contribution in [2.45, 2.75) is 26.3 Å². The van der Waals surface area contributed by atoms with Crippen LogP contribution in [-0.4, -0.2) is 52.0 Å². The minimum Gasteiger partial charge on any atom is -0.353 e. The molecule has 22 heavy (non-hydrogen) atoms. The number of carbonyl (C=O) groups excluding carboxylic acids is 1. The van der Waals surface area contributed by atoms with Crippen LogP contribution in [0.1, 0.15) is 19.8 Å². The number of hydrogen-bond acceptors (Lipinski definition) is 4. The van der Waals surface area contributed by atoms with E-state index in [4.69, 9.17) is 0 Å². The highest BCUT2D eigenvalue weighted by Crippen LogP contribution is 2.15. The van der Waals surface area contributed by atoms with Gasteiger partial charge in [0.25, 0.3) is 0 Å². The molecule has 0 atom stereocenters. The van der Waals surface area contributed by atoms with E-state index in [2.05, 4.69) is 27.5 Å². The number of rotatable bonds is 5. The molecule has 118 valence electrons. The van der Waals surface area contributed by atoms with Crippen molar-refractivity contribution in [3.8, 4) is 0 Å². The molecule has 0 saturated carbocycles. The second-order valence-corrected chi connectivity index (χ2v) is 6.11. The number of aromatic nitrogens is 3. The molecule has 0 unspecified atom stereocenters. The van der Waals surface area contributed by atoms with Crippen molar-refractivity contribution in [3.63, 3.8) is 0 Å². The lowest BCUT2D eigenvalue weighted by atomic mass is 9.99. The number of carbonyl (C=O) groups is 1. The molecule has 0 bridgehead atoms. The largest absolute Gasteiger partial charge is 0.353 e. The zero-order valence-electron chi connectivity index (χ0n) is 13.0. The Kier molecular flexibility index (Phi) is 4.68. The van der Waals surface area contributed by atoms with Crippen molar-refractivity contribution < 1.29 is 4.79 Å². The van der Waals surface area contributed by atoms with Crippen molar-refractivity contribution in [1.82, 2.24) is 25.2 Å². The van der Waals surface area contributed by atoms with Gasteiger partial charge in [-0.2, -0.15) is 0 Å². The first-order valence-corrected chi connectivity index (χ1v) is 7.99. The Hall–Kier alpha value is -1.95. The predicted octanol–water partition coefficient (Wildman–Crippen LogP) is 1.28. The van der Waals surface area contributed by atoms with Crippen LogP contribution in [0.3, 0.4) is 0 Å². The molecule has 1 aliphatic heterocycles. The smallest absolute Gasteiger partial charge is 0.241 e. The summed E-state index contributed by atoms with van der Waals surface area (Å²) in [6, 6.07) is 7.67. The summed E-state index contributed by atoms with van der Waals surface area (Å²) in [7, 11) is 0. The van der Waals surface area contributed by atoms with E-state index in [0.29, 0.717) is 6.54 Å². The van der Waals surface area contributed by atoms with E-state index < -0.39 is 0 Å². The maximum atomic E-state index is 12.0. The first-order valence-electron chi connectivity index (χ1n) is 7.99. The van der Waals surface area contributed by atoms with E-state index in [1.54, 1.807) is 4.68 Å². The fourth-order valence-corrected chi connectivity index (χ4v) is 2.87. The van der Waals surface area contributed by atoms with E-state index in [9.17, 15) is 4.79 Å². The van der Waals surface area contributed by atoms with Gasteiger partial charge in [0.15, 0.2) is 0 Å². The summed E-state index contributed by atoms with van der Waals surface area (Å²) in [4.78, 5) is 14.5. The van der Waals surface area contributed by atoms with Gasteiger partial charge in [0.2, 0.25) is 5.91 Å². The van der Waals surface area contributed by atoms with Crippen LogP contribution in [0, 0.1) is 5.92 Å². The second kappa shape index (κ2) is 6.87. The molecule has 2 aromatic rings. The summed E-state index contributed by atoms with van der Waals surface area (Å²) in [6.45, 7) is 6.44. The third kappa shape index (κ3) is 3.62. The van der Waals surface area contributed by atoms with Crippen LogP contribution in [-0.2, 0) is 11.3 Å². The molecule has 1 saturated heterocycles. The lowest BCUT2D eigenvalue weighted by molar-refractivity contribution is -0.121. The topological polar surface area (TPSA) is 63.1 Å². The first-order chi connectivity index (χ1) is 10.7. The average molecular weight is 301 g/mol. The Morgan fingerprint density at radius 1 is 1.32 bits per heavy atom. The molecule has 1 N–H and O–H groups in total. The van der Waals surface area contributed by atoms with Gasteiger partial charge in [0.1, 0.15) is 12.1 Å². The zero-order valence-corrected chi connectivity index (χ0v) is 13.0. The summed E-state index contributed by atoms with van der Waals surface area (Å²) in [5.41, 5.74) is 1.71. The lowest BCUT2D eigenvalue weighted by Crippen LogP contribution is -2.40. The molecular weight excluding hydrogens is 278 g/mol. The minimum atomic E-state index is -0.0129. The molecular formula is C16H23N5O. The second-order valence-electron chi connectivity index (χ2n) is 6.11. The minimum absolute atomic E-state index is 0.0129. The standard InChI is InChI=1S/C16H23N5O/c1-13-6-9-20(10-7-13)11-8-17-16(22)12-21-15-5-3-2-4-14(15)18-19-21/h2-5,13H,6-12H2,1H3,(H,17,22). The SMILES string of the molecule is CC1CCN(CCNC(=O)Cn2nnc3ccccc32)CC1. The Morgan fingerprint density at radius 2 is 2.09 bits per heavy atom. The van der Waals surface area contributed by atoms with Gasteiger partial charge in [0, 0.05) is 13.1 Å². The third-order valence-corrected chi connectivity index (χ3v) is 4.34. The van der Waals surface area contributed by atoms with Crippen molar-refractivity contribution in [3.05, 3.63) is 24.3 Å². The molecule has 2 heterocycles. The van der Waals surface area contributed by atoms with E-state index in [0.717, 1.165) is 36.6 Å². The number of piperidine rings is 1. The number of hydrogen-bond donors (Lipinski definition) is 1. The third-order valence-electron chi connectivity index (χ3n) is 4.34. The van der Waals surface area contributed by atoms with Gasteiger partial charge < -0.3 is 10.2 Å². The molecule has 6 nitrogen and oxygen atoms in total. The summed E-state index contributed by atoms with van der Waals surface area (Å²) in [5, 5.41) is 11.1. The number of benzene rings is 1. The molecule has 1 aliphatic rings. The highest BCUT2D eigenvalue weighted by atomic mass is 16.2. The van der Waals surface area contributed by atoms with E-state index in [-0.39, 0.29) is 12.5 Å². The molecule has 0 spiro atoms. The molecule has 1 amide bonds. The van der Waals surface area contributed by atoms with Gasteiger partial charge in [0.05, 0.1) is 5.52 Å². The van der Waals surface area contributed by atoms with Crippen LogP contribution >= 0.6 is 0 Å². The number of para-hydroxylation sites is 1. The number of amides is 1. The van der Waals surface area contributed by atoms with Crippen LogP contribution in [0.25, 0.3) is 11.0 Å². The van der Waals surface area contributed by atoms with Gasteiger partial charge in [-0.3, -0.25) is 4.79 Å². The molecule has 1 aromatic heterocycles. The molecule has 3 rings (SSSR count). The monoisotopic (exact) mass is 301 g/mol. The zero-order chi connectivity index (χ0) is 15.4. The van der Waals surface area contributed by atoms with E-state index in [1.165, 1.54) is 12.8 Å². The van der Waals surface area contributed by atoms with Gasteiger partial charge in [-0.1, -0.05) is 24.3 Å². The molecule has 6 heteroatoms. The Balaban J connectivity index is 1.45. The normalized spacial score (nSPS) is 17.0. The highest BCUT2D eigenvalue weighted by molar-refractivity contribution is 5.79. The quantitative estimate of drug-likeness (QED) is 0.903. The predicted molar refractivity (Wildman–Crippen MR) is 85.4 cm³/mol. The van der Waals surface area contributed by atoms with Crippen molar-refractivity contribution in [2.75, 3.05) is 26.2 Å². The number of likely N-dealkylation sites (tertiary alicyclic amines) is 1. The lowest BCUT2D eigenvalue weighted by Gasteiger charge is -2.30. The van der Waals surface area contributed by atoms with E-state index in [1.807, 2.05) is 24.3 Å². The van der Waals surface area contributed by atoms with Crippen molar-refractivity contribution in [2.24, 2.45) is 5.92 Å². The number of nitrogens with zero attached hydrogens (tertiary/aromatic N) is 4. The molecule has 0 radical (unpaired) electrons. The van der Waals surface area contributed by atoms with Crippen molar-refractivity contribution in [1.29, 1.82) is 0 Å². The van der Waals surface area contributed by atoms with Gasteiger partial charge in [-0.15, -0.1) is 5.10 Å². The highest BCUT2D eigenvalue weighted by Gasteiger charge is 2.15. The summed E-state index contributed by atoms with van der Waals surface area (Å²) in [6.07, 6.45) is 2.53.